The maximum Gasteiger partial charge on any atom is 0.159 e. The summed E-state index contributed by atoms with van der Waals surface area (Å²) in [6.07, 6.45) is 6.36. The summed E-state index contributed by atoms with van der Waals surface area (Å²) in [5.74, 6) is 0.773. The fourth-order valence-corrected chi connectivity index (χ4v) is 1.80. The third-order valence-electron chi connectivity index (χ3n) is 2.79. The van der Waals surface area contributed by atoms with Crippen LogP contribution < -0.4 is 5.32 Å². The first-order chi connectivity index (χ1) is 8.85. The number of hydrogen-bond acceptors (Lipinski definition) is 4. The summed E-state index contributed by atoms with van der Waals surface area (Å²) in [4.78, 5) is 13.1. The third kappa shape index (κ3) is 2.90. The van der Waals surface area contributed by atoms with E-state index in [2.05, 4.69) is 34.1 Å². The fraction of sp³-hybridized carbons (Fsp3) is 0.357. The van der Waals surface area contributed by atoms with E-state index >= 15 is 0 Å². The van der Waals surface area contributed by atoms with Gasteiger partial charge in [-0.3, -0.25) is 4.98 Å². The Bertz CT molecular complexity index is 496. The van der Waals surface area contributed by atoms with Crippen molar-refractivity contribution >= 4 is 0 Å². The van der Waals surface area contributed by atoms with Gasteiger partial charge in [0.05, 0.1) is 0 Å². The molecule has 0 unspecified atom stereocenters. The average molecular weight is 242 g/mol. The lowest BCUT2D eigenvalue weighted by atomic mass is 10.1. The van der Waals surface area contributed by atoms with E-state index in [1.807, 2.05) is 18.3 Å². The molecule has 0 saturated carbocycles. The van der Waals surface area contributed by atoms with Crippen molar-refractivity contribution in [3.63, 3.8) is 0 Å². The Hall–Kier alpha value is -1.81. The summed E-state index contributed by atoms with van der Waals surface area (Å²) in [6, 6.07) is 3.86. The molecule has 18 heavy (non-hydrogen) atoms. The second-order valence-corrected chi connectivity index (χ2v) is 4.04. The van der Waals surface area contributed by atoms with Gasteiger partial charge in [0.25, 0.3) is 0 Å². The summed E-state index contributed by atoms with van der Waals surface area (Å²) in [5, 5.41) is 3.31. The largest absolute Gasteiger partial charge is 0.313 e. The lowest BCUT2D eigenvalue weighted by Gasteiger charge is -2.09. The Morgan fingerprint density at radius 3 is 2.61 bits per heavy atom. The molecule has 0 aliphatic heterocycles. The molecule has 0 aliphatic carbocycles. The van der Waals surface area contributed by atoms with Crippen molar-refractivity contribution in [3.8, 4) is 11.4 Å². The van der Waals surface area contributed by atoms with Crippen LogP contribution in [0.3, 0.4) is 0 Å². The topological polar surface area (TPSA) is 50.7 Å². The van der Waals surface area contributed by atoms with E-state index in [1.165, 1.54) is 5.56 Å². The molecule has 0 atom stereocenters. The quantitative estimate of drug-likeness (QED) is 0.873. The molecule has 0 aromatic carbocycles. The fourth-order valence-electron chi connectivity index (χ4n) is 1.80. The SMILES string of the molecule is CCNCc1cnc(-c2ccncc2)nc1CC. The van der Waals surface area contributed by atoms with Crippen LogP contribution in [-0.2, 0) is 13.0 Å². The number of hydrogen-bond donors (Lipinski definition) is 1. The Morgan fingerprint density at radius 2 is 1.94 bits per heavy atom. The van der Waals surface area contributed by atoms with Crippen LogP contribution in [0, 0.1) is 0 Å². The van der Waals surface area contributed by atoms with E-state index in [0.717, 1.165) is 36.6 Å². The molecule has 0 bridgehead atoms. The van der Waals surface area contributed by atoms with Gasteiger partial charge < -0.3 is 5.32 Å². The molecule has 2 heterocycles. The molecule has 4 nitrogen and oxygen atoms in total. The van der Waals surface area contributed by atoms with Gasteiger partial charge in [-0.25, -0.2) is 9.97 Å². The number of nitrogens with zero attached hydrogens (tertiary/aromatic N) is 3. The molecule has 2 aromatic rings. The van der Waals surface area contributed by atoms with Gasteiger partial charge in [-0.2, -0.15) is 0 Å². The summed E-state index contributed by atoms with van der Waals surface area (Å²) in [6.45, 7) is 6.00. The number of aryl methyl sites for hydroxylation is 1. The summed E-state index contributed by atoms with van der Waals surface area (Å²) in [7, 11) is 0. The highest BCUT2D eigenvalue weighted by Crippen LogP contribution is 2.15. The van der Waals surface area contributed by atoms with Crippen LogP contribution >= 0.6 is 0 Å². The standard InChI is InChI=1S/C14H18N4/c1-3-13-12(9-15-4-2)10-17-14(18-13)11-5-7-16-8-6-11/h5-8,10,15H,3-4,9H2,1-2H3. The van der Waals surface area contributed by atoms with Crippen molar-refractivity contribution in [2.45, 2.75) is 26.8 Å². The van der Waals surface area contributed by atoms with Crippen molar-refractivity contribution in [1.82, 2.24) is 20.3 Å². The van der Waals surface area contributed by atoms with Crippen LogP contribution in [0.5, 0.6) is 0 Å². The van der Waals surface area contributed by atoms with Gasteiger partial charge in [0.2, 0.25) is 0 Å². The maximum absolute atomic E-state index is 4.64. The normalized spacial score (nSPS) is 10.6. The van der Waals surface area contributed by atoms with Crippen molar-refractivity contribution in [3.05, 3.63) is 42.0 Å². The van der Waals surface area contributed by atoms with Gasteiger partial charge in [0, 0.05) is 42.0 Å². The second kappa shape index (κ2) is 6.21. The van der Waals surface area contributed by atoms with Gasteiger partial charge >= 0.3 is 0 Å². The second-order valence-electron chi connectivity index (χ2n) is 4.04. The summed E-state index contributed by atoms with van der Waals surface area (Å²) in [5.41, 5.74) is 3.30. The van der Waals surface area contributed by atoms with Crippen LogP contribution in [0.25, 0.3) is 11.4 Å². The molecule has 0 saturated heterocycles. The molecule has 0 amide bonds. The number of rotatable bonds is 5. The molecule has 0 fully saturated rings. The first-order valence-electron chi connectivity index (χ1n) is 6.31. The van der Waals surface area contributed by atoms with Crippen LogP contribution in [0.2, 0.25) is 0 Å². The Kier molecular flexibility index (Phi) is 4.36. The minimum Gasteiger partial charge on any atom is -0.313 e. The highest BCUT2D eigenvalue weighted by Gasteiger charge is 2.06. The predicted molar refractivity (Wildman–Crippen MR) is 72.0 cm³/mol. The van der Waals surface area contributed by atoms with E-state index in [1.54, 1.807) is 12.4 Å². The zero-order valence-corrected chi connectivity index (χ0v) is 10.8. The lowest BCUT2D eigenvalue weighted by molar-refractivity contribution is 0.711. The third-order valence-corrected chi connectivity index (χ3v) is 2.79. The Labute approximate surface area is 108 Å². The molecule has 1 N–H and O–H groups in total. The minimum atomic E-state index is 0.773. The lowest BCUT2D eigenvalue weighted by Crippen LogP contribution is -2.14. The molecular formula is C14H18N4. The van der Waals surface area contributed by atoms with Gasteiger partial charge in [0.1, 0.15) is 0 Å². The van der Waals surface area contributed by atoms with Crippen molar-refractivity contribution < 1.29 is 0 Å². The van der Waals surface area contributed by atoms with E-state index in [0.29, 0.717) is 0 Å². The number of aromatic nitrogens is 3. The first-order valence-corrected chi connectivity index (χ1v) is 6.31. The van der Waals surface area contributed by atoms with E-state index < -0.39 is 0 Å². The van der Waals surface area contributed by atoms with Gasteiger partial charge in [0.15, 0.2) is 5.82 Å². The van der Waals surface area contributed by atoms with E-state index in [-0.39, 0.29) is 0 Å². The predicted octanol–water partition coefficient (Wildman–Crippen LogP) is 2.21. The molecule has 94 valence electrons. The van der Waals surface area contributed by atoms with Crippen LogP contribution in [-0.4, -0.2) is 21.5 Å². The molecule has 2 aromatic heterocycles. The van der Waals surface area contributed by atoms with Gasteiger partial charge in [-0.15, -0.1) is 0 Å². The molecule has 0 radical (unpaired) electrons. The van der Waals surface area contributed by atoms with Crippen LogP contribution in [0.1, 0.15) is 25.1 Å². The molecule has 0 aliphatic rings. The van der Waals surface area contributed by atoms with E-state index in [4.69, 9.17) is 0 Å². The smallest absolute Gasteiger partial charge is 0.159 e. The summed E-state index contributed by atoms with van der Waals surface area (Å²) >= 11 is 0. The van der Waals surface area contributed by atoms with Gasteiger partial charge in [-0.05, 0) is 25.1 Å². The van der Waals surface area contributed by atoms with E-state index in [9.17, 15) is 0 Å². The number of nitrogens with one attached hydrogen (secondary N) is 1. The molecule has 2 rings (SSSR count). The zero-order valence-electron chi connectivity index (χ0n) is 10.8. The Morgan fingerprint density at radius 1 is 1.17 bits per heavy atom. The van der Waals surface area contributed by atoms with Crippen molar-refractivity contribution in [2.24, 2.45) is 0 Å². The van der Waals surface area contributed by atoms with Gasteiger partial charge in [-0.1, -0.05) is 13.8 Å². The monoisotopic (exact) mass is 242 g/mol. The minimum absolute atomic E-state index is 0.773. The Balaban J connectivity index is 2.30. The highest BCUT2D eigenvalue weighted by atomic mass is 14.9. The van der Waals surface area contributed by atoms with Crippen molar-refractivity contribution in [1.29, 1.82) is 0 Å². The first kappa shape index (κ1) is 12.6. The number of pyridine rings is 1. The molecular weight excluding hydrogens is 224 g/mol. The van der Waals surface area contributed by atoms with Crippen molar-refractivity contribution in [2.75, 3.05) is 6.54 Å². The van der Waals surface area contributed by atoms with Crippen LogP contribution in [0.15, 0.2) is 30.7 Å². The zero-order chi connectivity index (χ0) is 12.8. The highest BCUT2D eigenvalue weighted by molar-refractivity contribution is 5.53. The maximum atomic E-state index is 4.64. The summed E-state index contributed by atoms with van der Waals surface area (Å²) < 4.78 is 0. The molecule has 4 heteroatoms. The average Bonchev–Trinajstić information content (AvgIpc) is 2.46. The van der Waals surface area contributed by atoms with Crippen LogP contribution in [0.4, 0.5) is 0 Å². The molecule has 0 spiro atoms.